The number of benzene rings is 1. The monoisotopic (exact) mass is 335 g/mol. The van der Waals surface area contributed by atoms with Gasteiger partial charge in [-0.1, -0.05) is 25.5 Å². The zero-order valence-electron chi connectivity index (χ0n) is 14.1. The summed E-state index contributed by atoms with van der Waals surface area (Å²) in [6, 6.07) is 4.68. The zero-order valence-corrected chi connectivity index (χ0v) is 14.1. The lowest BCUT2D eigenvalue weighted by Crippen LogP contribution is -2.44. The number of hydrogen-bond donors (Lipinski definition) is 2. The van der Waals surface area contributed by atoms with E-state index < -0.39 is 23.3 Å². The molecule has 0 spiro atoms. The van der Waals surface area contributed by atoms with Crippen molar-refractivity contribution >= 4 is 17.8 Å². The van der Waals surface area contributed by atoms with E-state index in [2.05, 4.69) is 10.6 Å². The summed E-state index contributed by atoms with van der Waals surface area (Å²) in [5.74, 6) is -1.35. The molecule has 2 atom stereocenters. The number of carbonyl (C=O) groups is 3. The molecule has 0 saturated carbocycles. The molecule has 0 aliphatic carbocycles. The van der Waals surface area contributed by atoms with Crippen LogP contribution in [0, 0.1) is 5.82 Å². The number of imide groups is 1. The average molecular weight is 335 g/mol. The molecular formula is C17H22FN3O3. The van der Waals surface area contributed by atoms with E-state index in [1.165, 1.54) is 31.2 Å². The van der Waals surface area contributed by atoms with Crippen molar-refractivity contribution in [3.8, 4) is 0 Å². The topological polar surface area (TPSA) is 78.5 Å². The van der Waals surface area contributed by atoms with E-state index in [0.717, 1.165) is 17.7 Å². The normalized spacial score (nSPS) is 21.6. The third kappa shape index (κ3) is 3.55. The second-order valence-corrected chi connectivity index (χ2v) is 6.21. The Kier molecular flexibility index (Phi) is 5.21. The number of hydrogen-bond acceptors (Lipinski definition) is 3. The van der Waals surface area contributed by atoms with Gasteiger partial charge in [0.25, 0.3) is 5.91 Å². The Morgan fingerprint density at radius 3 is 2.54 bits per heavy atom. The van der Waals surface area contributed by atoms with Gasteiger partial charge in [0.15, 0.2) is 0 Å². The van der Waals surface area contributed by atoms with Gasteiger partial charge in [0, 0.05) is 6.04 Å². The van der Waals surface area contributed by atoms with Crippen molar-refractivity contribution in [1.82, 2.24) is 15.5 Å². The minimum absolute atomic E-state index is 0.0215. The van der Waals surface area contributed by atoms with Crippen molar-refractivity contribution in [3.05, 3.63) is 35.6 Å². The highest BCUT2D eigenvalue weighted by Gasteiger charge is 2.49. The molecule has 6 nitrogen and oxygen atoms in total. The van der Waals surface area contributed by atoms with E-state index in [-0.39, 0.29) is 18.5 Å². The van der Waals surface area contributed by atoms with Crippen LogP contribution in [0.4, 0.5) is 9.18 Å². The molecule has 1 aliphatic heterocycles. The first-order valence-corrected chi connectivity index (χ1v) is 7.97. The Hall–Kier alpha value is -2.44. The van der Waals surface area contributed by atoms with Crippen LogP contribution >= 0.6 is 0 Å². The van der Waals surface area contributed by atoms with E-state index in [1.54, 1.807) is 0 Å². The summed E-state index contributed by atoms with van der Waals surface area (Å²) in [4.78, 5) is 37.7. The molecule has 1 heterocycles. The van der Waals surface area contributed by atoms with Crippen LogP contribution in [0.2, 0.25) is 0 Å². The fourth-order valence-corrected chi connectivity index (χ4v) is 2.79. The lowest BCUT2D eigenvalue weighted by atomic mass is 9.92. The lowest BCUT2D eigenvalue weighted by Gasteiger charge is -2.22. The summed E-state index contributed by atoms with van der Waals surface area (Å²) in [6.07, 6.45) is 1.74. The molecule has 0 aromatic heterocycles. The molecule has 1 aromatic rings. The van der Waals surface area contributed by atoms with E-state index in [9.17, 15) is 18.8 Å². The van der Waals surface area contributed by atoms with Crippen LogP contribution in [0.15, 0.2) is 24.3 Å². The molecule has 0 bridgehead atoms. The largest absolute Gasteiger partial charge is 0.352 e. The predicted molar refractivity (Wildman–Crippen MR) is 86.5 cm³/mol. The van der Waals surface area contributed by atoms with Gasteiger partial charge in [-0.25, -0.2) is 9.18 Å². The minimum atomic E-state index is -1.31. The van der Waals surface area contributed by atoms with Gasteiger partial charge in [0.05, 0.1) is 0 Å². The van der Waals surface area contributed by atoms with Gasteiger partial charge >= 0.3 is 6.03 Å². The van der Waals surface area contributed by atoms with Crippen LogP contribution in [0.1, 0.15) is 39.2 Å². The van der Waals surface area contributed by atoms with E-state index in [4.69, 9.17) is 0 Å². The smallest absolute Gasteiger partial charge is 0.325 e. The van der Waals surface area contributed by atoms with Crippen LogP contribution in [-0.4, -0.2) is 35.3 Å². The summed E-state index contributed by atoms with van der Waals surface area (Å²) in [6.45, 7) is 5.08. The van der Waals surface area contributed by atoms with E-state index in [0.29, 0.717) is 5.56 Å². The number of nitrogens with one attached hydrogen (secondary N) is 2. The van der Waals surface area contributed by atoms with Crippen molar-refractivity contribution in [2.75, 3.05) is 6.54 Å². The van der Waals surface area contributed by atoms with E-state index >= 15 is 0 Å². The van der Waals surface area contributed by atoms with Gasteiger partial charge in [-0.3, -0.25) is 14.5 Å². The quantitative estimate of drug-likeness (QED) is 0.779. The first kappa shape index (κ1) is 17.9. The SMILES string of the molecule is CCCC(C)NC(=O)CN1C(=O)NC(C)(c2ccc(F)cc2)C1=O. The highest BCUT2D eigenvalue weighted by molar-refractivity contribution is 6.09. The second-order valence-electron chi connectivity index (χ2n) is 6.21. The molecule has 2 unspecified atom stereocenters. The van der Waals surface area contributed by atoms with E-state index in [1.807, 2.05) is 13.8 Å². The molecule has 1 aliphatic rings. The van der Waals surface area contributed by atoms with Crippen LogP contribution in [0.5, 0.6) is 0 Å². The lowest BCUT2D eigenvalue weighted by molar-refractivity contribution is -0.135. The Bertz CT molecular complexity index is 647. The highest BCUT2D eigenvalue weighted by atomic mass is 19.1. The van der Waals surface area contributed by atoms with Gasteiger partial charge in [0.2, 0.25) is 5.91 Å². The Labute approximate surface area is 140 Å². The van der Waals surface area contributed by atoms with Crippen LogP contribution in [0.25, 0.3) is 0 Å². The number of rotatable bonds is 6. The highest BCUT2D eigenvalue weighted by Crippen LogP contribution is 2.28. The maximum absolute atomic E-state index is 13.1. The molecule has 2 rings (SSSR count). The van der Waals surface area contributed by atoms with Gasteiger partial charge < -0.3 is 10.6 Å². The van der Waals surface area contributed by atoms with Crippen molar-refractivity contribution in [2.24, 2.45) is 0 Å². The summed E-state index contributed by atoms with van der Waals surface area (Å²) in [5, 5.41) is 5.35. The Morgan fingerprint density at radius 1 is 1.33 bits per heavy atom. The molecule has 4 amide bonds. The van der Waals surface area contributed by atoms with Crippen molar-refractivity contribution in [1.29, 1.82) is 0 Å². The number of halogens is 1. The van der Waals surface area contributed by atoms with Gasteiger partial charge in [-0.05, 0) is 38.0 Å². The number of amides is 4. The Morgan fingerprint density at radius 2 is 1.96 bits per heavy atom. The number of urea groups is 1. The zero-order chi connectivity index (χ0) is 17.9. The first-order valence-electron chi connectivity index (χ1n) is 7.97. The molecule has 2 N–H and O–H groups in total. The van der Waals surface area contributed by atoms with Crippen molar-refractivity contribution < 1.29 is 18.8 Å². The molecule has 7 heteroatoms. The molecule has 0 radical (unpaired) electrons. The molecule has 1 fully saturated rings. The standard InChI is InChI=1S/C17H22FN3O3/c1-4-5-11(2)19-14(22)10-21-15(23)17(3,20-16(21)24)12-6-8-13(18)9-7-12/h6-9,11H,4-5,10H2,1-3H3,(H,19,22)(H,20,24). The van der Waals surface area contributed by atoms with Crippen molar-refractivity contribution in [2.45, 2.75) is 45.2 Å². The summed E-state index contributed by atoms with van der Waals surface area (Å²) < 4.78 is 13.1. The molecular weight excluding hydrogens is 313 g/mol. The van der Waals surface area contributed by atoms with Crippen molar-refractivity contribution in [3.63, 3.8) is 0 Å². The average Bonchev–Trinajstić information content (AvgIpc) is 2.72. The predicted octanol–water partition coefficient (Wildman–Crippen LogP) is 1.90. The van der Waals surface area contributed by atoms with Gasteiger partial charge in [0.1, 0.15) is 17.9 Å². The van der Waals surface area contributed by atoms with Crippen LogP contribution in [0.3, 0.4) is 0 Å². The fraction of sp³-hybridized carbons (Fsp3) is 0.471. The van der Waals surface area contributed by atoms with Gasteiger partial charge in [-0.15, -0.1) is 0 Å². The molecule has 1 aromatic carbocycles. The third-order valence-corrected chi connectivity index (χ3v) is 4.13. The van der Waals surface area contributed by atoms with Crippen LogP contribution in [-0.2, 0) is 15.1 Å². The fourth-order valence-electron chi connectivity index (χ4n) is 2.79. The summed E-state index contributed by atoms with van der Waals surface area (Å²) in [5.41, 5.74) is -0.843. The number of nitrogens with zero attached hydrogens (tertiary/aromatic N) is 1. The summed E-state index contributed by atoms with van der Waals surface area (Å²) in [7, 11) is 0. The first-order chi connectivity index (χ1) is 11.3. The maximum Gasteiger partial charge on any atom is 0.325 e. The van der Waals surface area contributed by atoms with Gasteiger partial charge in [-0.2, -0.15) is 0 Å². The molecule has 1 saturated heterocycles. The second kappa shape index (κ2) is 6.98. The molecule has 24 heavy (non-hydrogen) atoms. The summed E-state index contributed by atoms with van der Waals surface area (Å²) >= 11 is 0. The Balaban J connectivity index is 2.11. The number of carbonyl (C=O) groups excluding carboxylic acids is 3. The minimum Gasteiger partial charge on any atom is -0.352 e. The molecule has 130 valence electrons. The third-order valence-electron chi connectivity index (χ3n) is 4.13. The van der Waals surface area contributed by atoms with Crippen LogP contribution < -0.4 is 10.6 Å². The maximum atomic E-state index is 13.1.